The molecule has 11 heteroatoms. The van der Waals surface area contributed by atoms with Gasteiger partial charge in [-0.05, 0) is 31.4 Å². The summed E-state index contributed by atoms with van der Waals surface area (Å²) in [4.78, 5) is 26.9. The Labute approximate surface area is 132 Å². The fourth-order valence-electron chi connectivity index (χ4n) is 2.08. The maximum Gasteiger partial charge on any atom is 0.431 e. The highest BCUT2D eigenvalue weighted by atomic mass is 32.2. The van der Waals surface area contributed by atoms with Crippen LogP contribution in [0.5, 0.6) is 0 Å². The van der Waals surface area contributed by atoms with E-state index in [2.05, 4.69) is 4.84 Å². The fourth-order valence-corrected chi connectivity index (χ4v) is 2.90. The summed E-state index contributed by atoms with van der Waals surface area (Å²) in [5.74, 6) is 0. The van der Waals surface area contributed by atoms with Crippen molar-refractivity contribution >= 4 is 21.8 Å². The fraction of sp³-hybridized carbons (Fsp3) is 0.417. The Morgan fingerprint density at radius 2 is 1.78 bits per heavy atom. The van der Waals surface area contributed by atoms with E-state index in [4.69, 9.17) is 0 Å². The molecule has 0 saturated carbocycles. The molecule has 1 fully saturated rings. The predicted octanol–water partition coefficient (Wildman–Crippen LogP) is 1.51. The van der Waals surface area contributed by atoms with E-state index in [0.717, 1.165) is 43.5 Å². The van der Waals surface area contributed by atoms with Gasteiger partial charge in [-0.1, -0.05) is 0 Å². The van der Waals surface area contributed by atoms with E-state index < -0.39 is 30.6 Å². The van der Waals surface area contributed by atoms with Crippen LogP contribution in [0.4, 0.5) is 10.5 Å². The Balaban J connectivity index is 2.08. The minimum atomic E-state index is -4.52. The summed E-state index contributed by atoms with van der Waals surface area (Å²) in [6.45, 7) is 0.842. The summed E-state index contributed by atoms with van der Waals surface area (Å²) in [7, 11) is -4.52. The second kappa shape index (κ2) is 6.89. The Kier molecular flexibility index (Phi) is 5.13. The van der Waals surface area contributed by atoms with E-state index in [1.807, 2.05) is 0 Å². The molecule has 126 valence electrons. The molecular weight excluding hydrogens is 330 g/mol. The van der Waals surface area contributed by atoms with Crippen LogP contribution in [-0.2, 0) is 14.9 Å². The third-order valence-electron chi connectivity index (χ3n) is 3.32. The van der Waals surface area contributed by atoms with Crippen LogP contribution < -0.4 is 0 Å². The monoisotopic (exact) mass is 345 g/mol. The van der Waals surface area contributed by atoms with Crippen LogP contribution in [0.15, 0.2) is 29.2 Å². The molecule has 1 aromatic rings. The normalized spacial score (nSPS) is 15.5. The van der Waals surface area contributed by atoms with Crippen molar-refractivity contribution in [2.45, 2.75) is 24.2 Å². The molecule has 1 N–H and O–H groups in total. The molecule has 1 amide bonds. The highest BCUT2D eigenvalue weighted by Gasteiger charge is 2.30. The van der Waals surface area contributed by atoms with Crippen LogP contribution in [0.3, 0.4) is 0 Å². The van der Waals surface area contributed by atoms with Crippen molar-refractivity contribution < 1.29 is 28.2 Å². The van der Waals surface area contributed by atoms with E-state index in [0.29, 0.717) is 13.1 Å². The summed E-state index contributed by atoms with van der Waals surface area (Å²) in [6.07, 6.45) is 1.54. The summed E-state index contributed by atoms with van der Waals surface area (Å²) < 4.78 is 23.6. The largest absolute Gasteiger partial charge is 0.431 e. The van der Waals surface area contributed by atoms with Crippen molar-refractivity contribution in [2.75, 3.05) is 13.1 Å². The van der Waals surface area contributed by atoms with E-state index in [1.165, 1.54) is 4.90 Å². The molecule has 1 aliphatic heterocycles. The van der Waals surface area contributed by atoms with Gasteiger partial charge in [0, 0.05) is 25.2 Å². The summed E-state index contributed by atoms with van der Waals surface area (Å²) in [5, 5.41) is 20.1. The zero-order valence-corrected chi connectivity index (χ0v) is 12.8. The molecule has 0 bridgehead atoms. The van der Waals surface area contributed by atoms with Gasteiger partial charge in [-0.15, -0.1) is 0 Å². The lowest BCUT2D eigenvalue weighted by Gasteiger charge is -2.26. The number of carbonyl (C=O) groups is 1. The van der Waals surface area contributed by atoms with Gasteiger partial charge in [-0.3, -0.25) is 15.3 Å². The number of carbonyl (C=O) groups excluding carboxylic acids is 1. The first-order valence-electron chi connectivity index (χ1n) is 6.78. The number of likely N-dealkylation sites (tertiary alicyclic amines) is 1. The first-order valence-corrected chi connectivity index (χ1v) is 8.22. The van der Waals surface area contributed by atoms with Gasteiger partial charge < -0.3 is 9.74 Å². The van der Waals surface area contributed by atoms with Gasteiger partial charge in [0.15, 0.2) is 0 Å². The lowest BCUT2D eigenvalue weighted by atomic mass is 10.1. The molecule has 23 heavy (non-hydrogen) atoms. The number of non-ortho nitro benzene ring substituents is 1. The quantitative estimate of drug-likeness (QED) is 0.646. The maximum atomic E-state index is 12.0. The number of benzene rings is 1. The van der Waals surface area contributed by atoms with Crippen molar-refractivity contribution in [3.8, 4) is 0 Å². The van der Waals surface area contributed by atoms with Crippen molar-refractivity contribution in [2.24, 2.45) is 0 Å². The lowest BCUT2D eigenvalue weighted by molar-refractivity contribution is -0.384. The van der Waals surface area contributed by atoms with Gasteiger partial charge in [0.05, 0.1) is 9.82 Å². The van der Waals surface area contributed by atoms with E-state index in [-0.39, 0.29) is 5.69 Å². The van der Waals surface area contributed by atoms with E-state index in [1.54, 1.807) is 0 Å². The third kappa shape index (κ3) is 3.94. The number of amides is 1. The molecule has 0 spiro atoms. The molecular formula is C12H15N3O7S. The minimum absolute atomic E-state index is 0.307. The van der Waals surface area contributed by atoms with Crippen LogP contribution >= 0.6 is 0 Å². The van der Waals surface area contributed by atoms with E-state index >= 15 is 0 Å². The van der Waals surface area contributed by atoms with Crippen LogP contribution in [0.25, 0.3) is 0 Å². The molecule has 0 unspecified atom stereocenters. The van der Waals surface area contributed by atoms with Gasteiger partial charge in [-0.25, -0.2) is 13.2 Å². The smallest absolute Gasteiger partial charge is 0.308 e. The minimum Gasteiger partial charge on any atom is -0.308 e. The number of rotatable bonds is 4. The number of sulfonamides is 1. The van der Waals surface area contributed by atoms with Crippen LogP contribution in [-0.4, -0.2) is 47.3 Å². The lowest BCUT2D eigenvalue weighted by Crippen LogP contribution is -2.41. The number of nitro benzene ring substituents is 1. The molecule has 0 radical (unpaired) electrons. The average Bonchev–Trinajstić information content (AvgIpc) is 2.55. The molecule has 1 aliphatic rings. The zero-order chi connectivity index (χ0) is 17.0. The van der Waals surface area contributed by atoms with Crippen LogP contribution in [0.1, 0.15) is 19.3 Å². The summed E-state index contributed by atoms with van der Waals surface area (Å²) in [6, 6.07) is 3.80. The van der Waals surface area contributed by atoms with Crippen molar-refractivity contribution in [1.82, 2.24) is 9.53 Å². The molecule has 0 aliphatic carbocycles. The molecule has 0 aromatic heterocycles. The number of nitrogens with zero attached hydrogens (tertiary/aromatic N) is 3. The van der Waals surface area contributed by atoms with Crippen LogP contribution in [0.2, 0.25) is 0 Å². The summed E-state index contributed by atoms with van der Waals surface area (Å²) >= 11 is 0. The predicted molar refractivity (Wildman–Crippen MR) is 75.8 cm³/mol. The first kappa shape index (κ1) is 17.1. The zero-order valence-electron chi connectivity index (χ0n) is 12.0. The Morgan fingerprint density at radius 3 is 2.30 bits per heavy atom. The second-order valence-corrected chi connectivity index (χ2v) is 6.60. The number of nitro groups is 1. The highest BCUT2D eigenvalue weighted by molar-refractivity contribution is 7.88. The Bertz CT molecular complexity index is 683. The topological polar surface area (TPSA) is 130 Å². The van der Waals surface area contributed by atoms with Crippen LogP contribution in [0, 0.1) is 10.1 Å². The van der Waals surface area contributed by atoms with Gasteiger partial charge in [0.2, 0.25) is 0 Å². The summed E-state index contributed by atoms with van der Waals surface area (Å²) in [5.41, 5.74) is -0.307. The van der Waals surface area contributed by atoms with Gasteiger partial charge in [-0.2, -0.15) is 0 Å². The molecule has 1 aromatic carbocycles. The Hall–Kier alpha value is -2.24. The first-order chi connectivity index (χ1) is 10.8. The number of hydrogen-bond donors (Lipinski definition) is 1. The second-order valence-electron chi connectivity index (χ2n) is 4.87. The Morgan fingerprint density at radius 1 is 1.22 bits per heavy atom. The van der Waals surface area contributed by atoms with Crippen molar-refractivity contribution in [1.29, 1.82) is 0 Å². The number of piperidine rings is 1. The molecule has 1 saturated heterocycles. The standard InChI is InChI=1S/C12H15N3O7S/c16-12(13-8-2-1-3-9-13)22-15(19)23(20,21)11-6-4-10(5-7-11)14(17)18/h4-7,19H,1-3,8-9H2. The van der Waals surface area contributed by atoms with E-state index in [9.17, 15) is 28.5 Å². The van der Waals surface area contributed by atoms with Crippen molar-refractivity contribution in [3.05, 3.63) is 34.4 Å². The van der Waals surface area contributed by atoms with Gasteiger partial charge >= 0.3 is 6.09 Å². The van der Waals surface area contributed by atoms with Gasteiger partial charge in [0.25, 0.3) is 15.7 Å². The molecule has 1 heterocycles. The maximum absolute atomic E-state index is 12.0. The highest BCUT2D eigenvalue weighted by Crippen LogP contribution is 2.19. The molecule has 0 atom stereocenters. The van der Waals surface area contributed by atoms with Crippen molar-refractivity contribution in [3.63, 3.8) is 0 Å². The molecule has 10 nitrogen and oxygen atoms in total. The average molecular weight is 345 g/mol. The third-order valence-corrected chi connectivity index (χ3v) is 4.68. The SMILES string of the molecule is O=C(ON(O)S(=O)(=O)c1ccc([N+](=O)[O-])cc1)N1CCCCC1. The van der Waals surface area contributed by atoms with Gasteiger partial charge in [0.1, 0.15) is 4.63 Å². The molecule has 2 rings (SSSR count). The number of hydrogen-bond acceptors (Lipinski definition) is 7.